The van der Waals surface area contributed by atoms with Crippen molar-refractivity contribution in [1.82, 2.24) is 14.4 Å². The summed E-state index contributed by atoms with van der Waals surface area (Å²) < 4.78 is 1.96. The van der Waals surface area contributed by atoms with E-state index in [1.165, 1.54) is 0 Å². The van der Waals surface area contributed by atoms with Crippen LogP contribution in [0.4, 0.5) is 11.6 Å². The van der Waals surface area contributed by atoms with Crippen molar-refractivity contribution in [3.63, 3.8) is 0 Å². The number of aromatic nitrogens is 3. The first-order valence-corrected chi connectivity index (χ1v) is 4.89. The van der Waals surface area contributed by atoms with Gasteiger partial charge in [0.2, 0.25) is 0 Å². The molecule has 0 amide bonds. The number of nitrogen functional groups attached to an aromatic ring is 2. The van der Waals surface area contributed by atoms with Crippen LogP contribution in [0.2, 0.25) is 6.82 Å². The lowest BCUT2D eigenvalue weighted by Crippen LogP contribution is -2.22. The van der Waals surface area contributed by atoms with E-state index in [-0.39, 0.29) is 0 Å². The summed E-state index contributed by atoms with van der Waals surface area (Å²) in [5.41, 5.74) is 14.2. The van der Waals surface area contributed by atoms with Crippen LogP contribution >= 0.6 is 0 Å². The van der Waals surface area contributed by atoms with Gasteiger partial charge in [-0.1, -0.05) is 13.7 Å². The molecule has 0 saturated heterocycles. The van der Waals surface area contributed by atoms with Gasteiger partial charge < -0.3 is 15.9 Å². The highest BCUT2D eigenvalue weighted by Gasteiger charge is 2.13. The number of fused-ring (bicyclic) bond motifs is 1. The van der Waals surface area contributed by atoms with Crippen molar-refractivity contribution >= 4 is 30.2 Å². The lowest BCUT2D eigenvalue weighted by molar-refractivity contribution is 0.970. The zero-order valence-corrected chi connectivity index (χ0v) is 8.86. The third-order valence-corrected chi connectivity index (χ3v) is 2.43. The number of nitrogens with two attached hydrogens (primary N) is 2. The lowest BCUT2D eigenvalue weighted by Gasteiger charge is -2.06. The Labute approximate surface area is 88.8 Å². The summed E-state index contributed by atoms with van der Waals surface area (Å²) in [6.45, 7) is 3.98. The fraction of sp³-hybridized carbons (Fsp3) is 0.333. The molecule has 2 aromatic rings. The van der Waals surface area contributed by atoms with Crippen LogP contribution in [0.15, 0.2) is 6.20 Å². The summed E-state index contributed by atoms with van der Waals surface area (Å²) >= 11 is 0. The fourth-order valence-corrected chi connectivity index (χ4v) is 1.70. The molecule has 0 fully saturated rings. The number of rotatable bonds is 2. The topological polar surface area (TPSA) is 82.2 Å². The molecule has 2 rings (SSSR count). The van der Waals surface area contributed by atoms with Gasteiger partial charge in [-0.25, -0.2) is 9.97 Å². The SMILES string of the molecule is C[B]c1nc(N)c2c(N)ncc(CC)n12. The summed E-state index contributed by atoms with van der Waals surface area (Å²) in [5, 5.41) is 0. The molecule has 4 N–H and O–H groups in total. The number of imidazole rings is 1. The van der Waals surface area contributed by atoms with Crippen molar-refractivity contribution < 1.29 is 0 Å². The first-order valence-electron chi connectivity index (χ1n) is 4.89. The van der Waals surface area contributed by atoms with Crippen molar-refractivity contribution in [3.8, 4) is 0 Å². The third-order valence-electron chi connectivity index (χ3n) is 2.43. The molecule has 77 valence electrons. The molecule has 0 bridgehead atoms. The smallest absolute Gasteiger partial charge is 0.199 e. The highest BCUT2D eigenvalue weighted by atomic mass is 15.1. The average molecular weight is 202 g/mol. The van der Waals surface area contributed by atoms with E-state index in [0.717, 1.165) is 17.8 Å². The van der Waals surface area contributed by atoms with Gasteiger partial charge in [0.1, 0.15) is 5.52 Å². The summed E-state index contributed by atoms with van der Waals surface area (Å²) in [5.74, 6) is 0.855. The minimum Gasteiger partial charge on any atom is -0.382 e. The Morgan fingerprint density at radius 1 is 1.40 bits per heavy atom. The largest absolute Gasteiger partial charge is 0.382 e. The molecule has 1 radical (unpaired) electrons. The summed E-state index contributed by atoms with van der Waals surface area (Å²) in [7, 11) is 1.90. The first-order chi connectivity index (χ1) is 7.19. The van der Waals surface area contributed by atoms with Gasteiger partial charge >= 0.3 is 0 Å². The van der Waals surface area contributed by atoms with Crippen molar-refractivity contribution in [2.45, 2.75) is 20.2 Å². The Bertz CT molecular complexity index is 505. The second-order valence-corrected chi connectivity index (χ2v) is 3.32. The molecule has 15 heavy (non-hydrogen) atoms. The van der Waals surface area contributed by atoms with Gasteiger partial charge in [0.05, 0.1) is 5.72 Å². The predicted octanol–water partition coefficient (Wildman–Crippen LogP) is -0.166. The van der Waals surface area contributed by atoms with Crippen molar-refractivity contribution in [1.29, 1.82) is 0 Å². The van der Waals surface area contributed by atoms with Crippen LogP contribution in [-0.4, -0.2) is 21.6 Å². The van der Waals surface area contributed by atoms with Gasteiger partial charge in [0.15, 0.2) is 18.9 Å². The molecule has 0 spiro atoms. The minimum absolute atomic E-state index is 0.422. The van der Waals surface area contributed by atoms with Crippen LogP contribution < -0.4 is 17.2 Å². The zero-order valence-electron chi connectivity index (χ0n) is 8.86. The van der Waals surface area contributed by atoms with Crippen LogP contribution in [0.5, 0.6) is 0 Å². The fourth-order valence-electron chi connectivity index (χ4n) is 1.70. The molecule has 0 aliphatic rings. The minimum atomic E-state index is 0.422. The maximum atomic E-state index is 5.81. The van der Waals surface area contributed by atoms with Crippen LogP contribution in [0.1, 0.15) is 12.6 Å². The molecular formula is C9H13BN5. The van der Waals surface area contributed by atoms with E-state index in [4.69, 9.17) is 11.5 Å². The quantitative estimate of drug-likeness (QED) is 0.662. The highest BCUT2D eigenvalue weighted by Crippen LogP contribution is 2.17. The van der Waals surface area contributed by atoms with Crippen molar-refractivity contribution in [2.24, 2.45) is 0 Å². The molecule has 2 aromatic heterocycles. The Balaban J connectivity index is 2.90. The number of hydrogen-bond acceptors (Lipinski definition) is 4. The number of aryl methyl sites for hydroxylation is 1. The van der Waals surface area contributed by atoms with Gasteiger partial charge in [0.25, 0.3) is 0 Å². The second-order valence-electron chi connectivity index (χ2n) is 3.32. The molecule has 5 nitrogen and oxygen atoms in total. The summed E-state index contributed by atoms with van der Waals surface area (Å²) in [6, 6.07) is 0. The Morgan fingerprint density at radius 3 is 2.73 bits per heavy atom. The van der Waals surface area contributed by atoms with E-state index in [9.17, 15) is 0 Å². The van der Waals surface area contributed by atoms with E-state index in [2.05, 4.69) is 16.9 Å². The summed E-state index contributed by atoms with van der Waals surface area (Å²) in [4.78, 5) is 8.35. The van der Waals surface area contributed by atoms with E-state index in [0.29, 0.717) is 17.2 Å². The average Bonchev–Trinajstić information content (AvgIpc) is 2.58. The van der Waals surface area contributed by atoms with Gasteiger partial charge in [-0.3, -0.25) is 0 Å². The third kappa shape index (κ3) is 1.33. The maximum Gasteiger partial charge on any atom is 0.199 e. The molecule has 0 unspecified atom stereocenters. The van der Waals surface area contributed by atoms with Gasteiger partial charge in [-0.05, 0) is 6.42 Å². The van der Waals surface area contributed by atoms with Gasteiger partial charge in [-0.2, -0.15) is 0 Å². The van der Waals surface area contributed by atoms with E-state index < -0.39 is 0 Å². The van der Waals surface area contributed by atoms with Crippen LogP contribution in [0.3, 0.4) is 0 Å². The molecule has 0 aliphatic carbocycles. The molecule has 0 atom stereocenters. The summed E-state index contributed by atoms with van der Waals surface area (Å²) in [6.07, 6.45) is 2.62. The molecule has 0 aromatic carbocycles. The Morgan fingerprint density at radius 2 is 2.13 bits per heavy atom. The van der Waals surface area contributed by atoms with E-state index in [1.807, 2.05) is 18.5 Å². The Kier molecular flexibility index (Phi) is 2.26. The number of hydrogen-bond donors (Lipinski definition) is 2. The molecule has 0 aliphatic heterocycles. The zero-order chi connectivity index (χ0) is 11.0. The Hall–Kier alpha value is -1.72. The standard InChI is InChI=1S/C9H13BN5/c1-3-5-4-13-7(11)6-8(12)14-9(10-2)15(5)6/h4H,3,12H2,1-2H3,(H2,11,13). The van der Waals surface area contributed by atoms with Crippen LogP contribution in [-0.2, 0) is 6.42 Å². The predicted molar refractivity (Wildman–Crippen MR) is 62.4 cm³/mol. The van der Waals surface area contributed by atoms with E-state index >= 15 is 0 Å². The lowest BCUT2D eigenvalue weighted by atomic mass is 9.81. The molecule has 6 heteroatoms. The van der Waals surface area contributed by atoms with Gasteiger partial charge in [-0.15, -0.1) is 0 Å². The molecule has 0 saturated carbocycles. The van der Waals surface area contributed by atoms with Crippen LogP contribution in [0.25, 0.3) is 5.52 Å². The second kappa shape index (κ2) is 3.45. The first kappa shape index (κ1) is 9.83. The normalized spacial score (nSPS) is 10.8. The number of nitrogens with zero attached hydrogens (tertiary/aromatic N) is 3. The van der Waals surface area contributed by atoms with Gasteiger partial charge in [0, 0.05) is 11.9 Å². The highest BCUT2D eigenvalue weighted by molar-refractivity contribution is 6.50. The maximum absolute atomic E-state index is 5.81. The van der Waals surface area contributed by atoms with Crippen LogP contribution in [0, 0.1) is 0 Å². The molecule has 2 heterocycles. The number of anilines is 2. The monoisotopic (exact) mass is 202 g/mol. The van der Waals surface area contributed by atoms with Crippen molar-refractivity contribution in [3.05, 3.63) is 11.9 Å². The van der Waals surface area contributed by atoms with E-state index in [1.54, 1.807) is 6.20 Å². The molecular weight excluding hydrogens is 189 g/mol. The van der Waals surface area contributed by atoms with Crippen molar-refractivity contribution in [2.75, 3.05) is 11.5 Å².